The first-order valence-corrected chi connectivity index (χ1v) is 7.21. The van der Waals surface area contributed by atoms with Crippen LogP contribution in [0.2, 0.25) is 0 Å². The molecule has 1 saturated carbocycles. The van der Waals surface area contributed by atoms with Gasteiger partial charge in [-0.25, -0.2) is 0 Å². The maximum absolute atomic E-state index is 3.68. The molecule has 3 heteroatoms. The third-order valence-corrected chi connectivity index (χ3v) is 3.85. The summed E-state index contributed by atoms with van der Waals surface area (Å²) in [4.78, 5) is 4.83. The van der Waals surface area contributed by atoms with Crippen LogP contribution in [0.25, 0.3) is 0 Å². The van der Waals surface area contributed by atoms with Crippen LogP contribution in [0.5, 0.6) is 0 Å². The normalized spacial score (nSPS) is 25.8. The van der Waals surface area contributed by atoms with Gasteiger partial charge in [0.05, 0.1) is 0 Å². The minimum Gasteiger partial charge on any atom is -0.314 e. The predicted octanol–water partition coefficient (Wildman–Crippen LogP) is 1.79. The number of nitrogens with zero attached hydrogens (tertiary/aromatic N) is 2. The topological polar surface area (TPSA) is 18.5 Å². The molecule has 0 heterocycles. The van der Waals surface area contributed by atoms with Gasteiger partial charge in [0, 0.05) is 25.2 Å². The summed E-state index contributed by atoms with van der Waals surface area (Å²) < 4.78 is 0. The van der Waals surface area contributed by atoms with E-state index in [1.54, 1.807) is 0 Å². The van der Waals surface area contributed by atoms with Crippen molar-refractivity contribution in [2.45, 2.75) is 51.1 Å². The van der Waals surface area contributed by atoms with Crippen molar-refractivity contribution in [3.8, 4) is 0 Å². The van der Waals surface area contributed by atoms with E-state index in [0.29, 0.717) is 0 Å². The lowest BCUT2D eigenvalue weighted by molar-refractivity contribution is 0.158. The summed E-state index contributed by atoms with van der Waals surface area (Å²) >= 11 is 0. The quantitative estimate of drug-likeness (QED) is 0.733. The van der Waals surface area contributed by atoms with E-state index in [0.717, 1.165) is 12.1 Å². The zero-order valence-corrected chi connectivity index (χ0v) is 12.2. The summed E-state index contributed by atoms with van der Waals surface area (Å²) in [7, 11) is 6.59. The highest BCUT2D eigenvalue weighted by molar-refractivity contribution is 4.82. The molecule has 0 amide bonds. The van der Waals surface area contributed by atoms with Crippen molar-refractivity contribution in [2.75, 3.05) is 40.8 Å². The average Bonchev–Trinajstić information content (AvgIpc) is 2.33. The van der Waals surface area contributed by atoms with Crippen LogP contribution >= 0.6 is 0 Å². The number of rotatable bonds is 7. The van der Waals surface area contributed by atoms with Crippen LogP contribution in [0.4, 0.5) is 0 Å². The van der Waals surface area contributed by atoms with Crippen LogP contribution < -0.4 is 5.32 Å². The van der Waals surface area contributed by atoms with Crippen molar-refractivity contribution >= 4 is 0 Å². The molecule has 1 aliphatic rings. The Hall–Kier alpha value is -0.120. The van der Waals surface area contributed by atoms with Gasteiger partial charge in [0.1, 0.15) is 0 Å². The fourth-order valence-corrected chi connectivity index (χ4v) is 2.64. The van der Waals surface area contributed by atoms with Crippen LogP contribution in [-0.2, 0) is 0 Å². The molecule has 17 heavy (non-hydrogen) atoms. The predicted molar refractivity (Wildman–Crippen MR) is 75.5 cm³/mol. The summed E-state index contributed by atoms with van der Waals surface area (Å²) in [6.07, 6.45) is 6.73. The van der Waals surface area contributed by atoms with Gasteiger partial charge in [0.15, 0.2) is 0 Å². The first-order chi connectivity index (χ1) is 8.13. The molecule has 1 fully saturated rings. The molecule has 2 unspecified atom stereocenters. The van der Waals surface area contributed by atoms with Crippen LogP contribution in [0, 0.1) is 0 Å². The van der Waals surface area contributed by atoms with E-state index >= 15 is 0 Å². The smallest absolute Gasteiger partial charge is 0.0109 e. The molecular formula is C14H31N3. The maximum Gasteiger partial charge on any atom is 0.0109 e. The minimum atomic E-state index is 0.760. The summed E-state index contributed by atoms with van der Waals surface area (Å²) in [5.41, 5.74) is 0. The molecule has 0 aromatic carbocycles. The van der Waals surface area contributed by atoms with Gasteiger partial charge in [-0.05, 0) is 53.4 Å². The lowest BCUT2D eigenvalue weighted by Gasteiger charge is -2.36. The largest absolute Gasteiger partial charge is 0.314 e. The molecule has 0 aromatic heterocycles. The highest BCUT2D eigenvalue weighted by atomic mass is 15.2. The van der Waals surface area contributed by atoms with Gasteiger partial charge >= 0.3 is 0 Å². The van der Waals surface area contributed by atoms with E-state index in [9.17, 15) is 0 Å². The Kier molecular flexibility index (Phi) is 7.09. The average molecular weight is 241 g/mol. The monoisotopic (exact) mass is 241 g/mol. The van der Waals surface area contributed by atoms with Crippen molar-refractivity contribution in [3.05, 3.63) is 0 Å². The second kappa shape index (κ2) is 8.06. The van der Waals surface area contributed by atoms with Crippen LogP contribution in [0.3, 0.4) is 0 Å². The molecule has 0 aromatic rings. The number of hydrogen-bond acceptors (Lipinski definition) is 3. The second-order valence-electron chi connectivity index (χ2n) is 5.76. The summed E-state index contributed by atoms with van der Waals surface area (Å²) in [5.74, 6) is 0. The van der Waals surface area contributed by atoms with Crippen molar-refractivity contribution in [1.82, 2.24) is 15.1 Å². The van der Waals surface area contributed by atoms with Crippen LogP contribution in [0.1, 0.15) is 39.0 Å². The fourth-order valence-electron chi connectivity index (χ4n) is 2.64. The Balaban J connectivity index is 2.27. The molecule has 2 atom stereocenters. The van der Waals surface area contributed by atoms with Gasteiger partial charge in [0.2, 0.25) is 0 Å². The number of likely N-dealkylation sites (N-methyl/N-ethyl adjacent to an activating group) is 2. The second-order valence-corrected chi connectivity index (χ2v) is 5.76. The van der Waals surface area contributed by atoms with Crippen molar-refractivity contribution in [2.24, 2.45) is 0 Å². The third kappa shape index (κ3) is 5.84. The Morgan fingerprint density at radius 1 is 1.12 bits per heavy atom. The molecule has 3 nitrogen and oxygen atoms in total. The summed E-state index contributed by atoms with van der Waals surface area (Å²) in [5, 5.41) is 3.68. The Labute approximate surface area is 108 Å². The van der Waals surface area contributed by atoms with Gasteiger partial charge in [0.25, 0.3) is 0 Å². The standard InChI is InChI=1S/C14H31N3/c1-5-9-15-13-7-6-8-14(12-13)17(4)11-10-16(2)3/h13-15H,5-12H2,1-4H3. The molecule has 0 bridgehead atoms. The molecule has 0 spiro atoms. The van der Waals surface area contributed by atoms with Crippen molar-refractivity contribution < 1.29 is 0 Å². The van der Waals surface area contributed by atoms with Crippen LogP contribution in [0.15, 0.2) is 0 Å². The summed E-state index contributed by atoms with van der Waals surface area (Å²) in [6, 6.07) is 1.55. The zero-order valence-electron chi connectivity index (χ0n) is 12.2. The molecule has 1 N–H and O–H groups in total. The Bertz CT molecular complexity index is 194. The molecule has 0 saturated heterocycles. The van der Waals surface area contributed by atoms with Gasteiger partial charge in [-0.1, -0.05) is 13.3 Å². The van der Waals surface area contributed by atoms with E-state index in [1.807, 2.05) is 0 Å². The fraction of sp³-hybridized carbons (Fsp3) is 1.00. The molecule has 1 rings (SSSR count). The maximum atomic E-state index is 3.68. The number of hydrogen-bond donors (Lipinski definition) is 1. The molecule has 0 radical (unpaired) electrons. The lowest BCUT2D eigenvalue weighted by atomic mass is 9.90. The van der Waals surface area contributed by atoms with Crippen LogP contribution in [-0.4, -0.2) is 62.7 Å². The third-order valence-electron chi connectivity index (χ3n) is 3.85. The molecule has 102 valence electrons. The minimum absolute atomic E-state index is 0.760. The van der Waals surface area contributed by atoms with Crippen molar-refractivity contribution in [1.29, 1.82) is 0 Å². The Morgan fingerprint density at radius 3 is 2.53 bits per heavy atom. The van der Waals surface area contributed by atoms with E-state index < -0.39 is 0 Å². The first-order valence-electron chi connectivity index (χ1n) is 7.21. The Morgan fingerprint density at radius 2 is 1.88 bits per heavy atom. The molecule has 0 aliphatic heterocycles. The number of nitrogens with one attached hydrogen (secondary N) is 1. The van der Waals surface area contributed by atoms with Gasteiger partial charge in [-0.2, -0.15) is 0 Å². The highest BCUT2D eigenvalue weighted by Crippen LogP contribution is 2.22. The van der Waals surface area contributed by atoms with Gasteiger partial charge in [-0.3, -0.25) is 0 Å². The SMILES string of the molecule is CCCNC1CCCC(N(C)CCN(C)C)C1. The van der Waals surface area contributed by atoms with E-state index in [-0.39, 0.29) is 0 Å². The van der Waals surface area contributed by atoms with Crippen molar-refractivity contribution in [3.63, 3.8) is 0 Å². The van der Waals surface area contributed by atoms with E-state index in [4.69, 9.17) is 0 Å². The van der Waals surface area contributed by atoms with E-state index in [2.05, 4.69) is 43.2 Å². The van der Waals surface area contributed by atoms with Gasteiger partial charge < -0.3 is 15.1 Å². The van der Waals surface area contributed by atoms with E-state index in [1.165, 1.54) is 51.7 Å². The first kappa shape index (κ1) is 14.9. The molecular weight excluding hydrogens is 210 g/mol. The van der Waals surface area contributed by atoms with Gasteiger partial charge in [-0.15, -0.1) is 0 Å². The zero-order chi connectivity index (χ0) is 12.7. The summed E-state index contributed by atoms with van der Waals surface area (Å²) in [6.45, 7) is 5.79. The highest BCUT2D eigenvalue weighted by Gasteiger charge is 2.24. The molecule has 1 aliphatic carbocycles. The lowest BCUT2D eigenvalue weighted by Crippen LogP contribution is -2.44.